The molecule has 0 radical (unpaired) electrons. The van der Waals surface area contributed by atoms with Gasteiger partial charge in [0.1, 0.15) is 0 Å². The molecule has 2 N–H and O–H groups in total. The first-order chi connectivity index (χ1) is 13.0. The Morgan fingerprint density at radius 1 is 1.22 bits per heavy atom. The number of hydrogen-bond donors (Lipinski definition) is 1. The van der Waals surface area contributed by atoms with E-state index in [4.69, 9.17) is 27.4 Å². The van der Waals surface area contributed by atoms with Gasteiger partial charge in [0.05, 0.1) is 17.7 Å². The second-order valence-corrected chi connectivity index (χ2v) is 7.19. The number of thioether (sulfide) groups is 1. The molecular formula is C19H16N2O4S2. The van der Waals surface area contributed by atoms with Crippen LogP contribution in [-0.4, -0.2) is 29.9 Å². The summed E-state index contributed by atoms with van der Waals surface area (Å²) in [6, 6.07) is 14.4. The average Bonchev–Trinajstić information content (AvgIpc) is 2.94. The largest absolute Gasteiger partial charge is 0.493 e. The summed E-state index contributed by atoms with van der Waals surface area (Å²) in [6.45, 7) is -0.245. The van der Waals surface area contributed by atoms with Crippen LogP contribution in [0.25, 0.3) is 6.08 Å². The molecule has 0 saturated carbocycles. The molecule has 0 spiro atoms. The Hall–Kier alpha value is -2.84. The SMILES string of the molecule is COc1cc(/C=C2\SC(=S)N(c3ccccc3)C2=O)ccc1OCC(N)=O. The maximum absolute atomic E-state index is 12.8. The molecule has 2 aromatic carbocycles. The minimum atomic E-state index is -0.578. The topological polar surface area (TPSA) is 81.9 Å². The molecule has 0 aromatic heterocycles. The van der Waals surface area contributed by atoms with E-state index in [0.717, 1.165) is 11.3 Å². The van der Waals surface area contributed by atoms with Crippen LogP contribution in [-0.2, 0) is 9.59 Å². The lowest BCUT2D eigenvalue weighted by Crippen LogP contribution is -2.27. The van der Waals surface area contributed by atoms with Crippen LogP contribution in [0.1, 0.15) is 5.56 Å². The second-order valence-electron chi connectivity index (χ2n) is 5.52. The Balaban J connectivity index is 1.85. The molecule has 138 valence electrons. The van der Waals surface area contributed by atoms with Gasteiger partial charge in [-0.1, -0.05) is 48.2 Å². The summed E-state index contributed by atoms with van der Waals surface area (Å²) in [5, 5.41) is 0. The number of methoxy groups -OCH3 is 1. The number of thiocarbonyl (C=S) groups is 1. The van der Waals surface area contributed by atoms with Crippen LogP contribution in [0.15, 0.2) is 53.4 Å². The summed E-state index contributed by atoms with van der Waals surface area (Å²) < 4.78 is 11.1. The van der Waals surface area contributed by atoms with E-state index in [2.05, 4.69) is 0 Å². The van der Waals surface area contributed by atoms with Gasteiger partial charge in [-0.05, 0) is 35.9 Å². The van der Waals surface area contributed by atoms with E-state index in [9.17, 15) is 9.59 Å². The number of carbonyl (C=O) groups is 2. The Bertz CT molecular complexity index is 929. The van der Waals surface area contributed by atoms with Gasteiger partial charge < -0.3 is 15.2 Å². The number of para-hydroxylation sites is 1. The number of hydrogen-bond acceptors (Lipinski definition) is 6. The van der Waals surface area contributed by atoms with Gasteiger partial charge in [0.25, 0.3) is 11.8 Å². The number of ether oxygens (including phenoxy) is 2. The number of nitrogens with two attached hydrogens (primary N) is 1. The van der Waals surface area contributed by atoms with Crippen molar-refractivity contribution in [3.05, 3.63) is 59.0 Å². The zero-order chi connectivity index (χ0) is 19.4. The standard InChI is InChI=1S/C19H16N2O4S2/c1-24-15-9-12(7-8-14(15)25-11-17(20)22)10-16-18(23)21(19(26)27-16)13-5-3-2-4-6-13/h2-10H,11H2,1H3,(H2,20,22)/b16-10-. The van der Waals surface area contributed by atoms with Gasteiger partial charge in [-0.25, -0.2) is 0 Å². The van der Waals surface area contributed by atoms with Gasteiger partial charge in [-0.2, -0.15) is 0 Å². The molecule has 6 nitrogen and oxygen atoms in total. The maximum Gasteiger partial charge on any atom is 0.270 e. The monoisotopic (exact) mass is 400 g/mol. The molecule has 1 aliphatic rings. The minimum absolute atomic E-state index is 0.177. The smallest absolute Gasteiger partial charge is 0.270 e. The van der Waals surface area contributed by atoms with Gasteiger partial charge in [0.2, 0.25) is 0 Å². The first-order valence-electron chi connectivity index (χ1n) is 7.91. The third-order valence-electron chi connectivity index (χ3n) is 3.66. The molecule has 0 aliphatic carbocycles. The van der Waals surface area contributed by atoms with E-state index in [0.29, 0.717) is 20.7 Å². The molecule has 2 aromatic rings. The first kappa shape index (κ1) is 18.9. The Morgan fingerprint density at radius 3 is 2.63 bits per heavy atom. The predicted octanol–water partition coefficient (Wildman–Crippen LogP) is 2.97. The highest BCUT2D eigenvalue weighted by Crippen LogP contribution is 2.37. The number of amides is 2. The van der Waals surface area contributed by atoms with Crippen LogP contribution in [0.5, 0.6) is 11.5 Å². The first-order valence-corrected chi connectivity index (χ1v) is 9.14. The minimum Gasteiger partial charge on any atom is -0.493 e. The van der Waals surface area contributed by atoms with Crippen LogP contribution in [0.2, 0.25) is 0 Å². The van der Waals surface area contributed by atoms with E-state index in [1.165, 1.54) is 23.8 Å². The number of nitrogens with zero attached hydrogens (tertiary/aromatic N) is 1. The van der Waals surface area contributed by atoms with E-state index < -0.39 is 5.91 Å². The fourth-order valence-electron chi connectivity index (χ4n) is 2.46. The van der Waals surface area contributed by atoms with Crippen molar-refractivity contribution in [3.63, 3.8) is 0 Å². The van der Waals surface area contributed by atoms with E-state index in [-0.39, 0.29) is 12.5 Å². The Morgan fingerprint density at radius 2 is 1.96 bits per heavy atom. The van der Waals surface area contributed by atoms with Crippen molar-refractivity contribution in [2.75, 3.05) is 18.6 Å². The van der Waals surface area contributed by atoms with Crippen LogP contribution < -0.4 is 20.1 Å². The van der Waals surface area contributed by atoms with Crippen LogP contribution >= 0.6 is 24.0 Å². The summed E-state index contributed by atoms with van der Waals surface area (Å²) in [4.78, 5) is 25.7. The lowest BCUT2D eigenvalue weighted by molar-refractivity contribution is -0.120. The molecule has 1 fully saturated rings. The summed E-state index contributed by atoms with van der Waals surface area (Å²) in [5.74, 6) is 0.0729. The van der Waals surface area contributed by atoms with Crippen LogP contribution in [0.4, 0.5) is 5.69 Å². The molecule has 1 heterocycles. The number of benzene rings is 2. The summed E-state index contributed by atoms with van der Waals surface area (Å²) >= 11 is 6.60. The van der Waals surface area contributed by atoms with E-state index in [1.54, 1.807) is 24.3 Å². The number of rotatable bonds is 6. The molecule has 27 heavy (non-hydrogen) atoms. The van der Waals surface area contributed by atoms with E-state index in [1.807, 2.05) is 30.3 Å². The molecule has 0 bridgehead atoms. The number of anilines is 1. The van der Waals surface area contributed by atoms with Crippen molar-refractivity contribution in [3.8, 4) is 11.5 Å². The third kappa shape index (κ3) is 4.29. The molecule has 1 aliphatic heterocycles. The predicted molar refractivity (Wildman–Crippen MR) is 110 cm³/mol. The van der Waals surface area contributed by atoms with Gasteiger partial charge >= 0.3 is 0 Å². The highest BCUT2D eigenvalue weighted by molar-refractivity contribution is 8.27. The van der Waals surface area contributed by atoms with Crippen molar-refractivity contribution < 1.29 is 19.1 Å². The average molecular weight is 400 g/mol. The van der Waals surface area contributed by atoms with Crippen LogP contribution in [0.3, 0.4) is 0 Å². The third-order valence-corrected chi connectivity index (χ3v) is 4.97. The lowest BCUT2D eigenvalue weighted by Gasteiger charge is -2.13. The summed E-state index contributed by atoms with van der Waals surface area (Å²) in [7, 11) is 1.49. The van der Waals surface area contributed by atoms with Crippen molar-refractivity contribution in [2.45, 2.75) is 0 Å². The summed E-state index contributed by atoms with van der Waals surface area (Å²) in [5.41, 5.74) is 6.56. The fraction of sp³-hybridized carbons (Fsp3) is 0.105. The zero-order valence-electron chi connectivity index (χ0n) is 14.4. The van der Waals surface area contributed by atoms with Crippen molar-refractivity contribution in [1.29, 1.82) is 0 Å². The van der Waals surface area contributed by atoms with Gasteiger partial charge in [-0.3, -0.25) is 14.5 Å². The molecule has 3 rings (SSSR count). The fourth-order valence-corrected chi connectivity index (χ4v) is 3.76. The molecule has 2 amide bonds. The molecule has 8 heteroatoms. The van der Waals surface area contributed by atoms with Gasteiger partial charge in [0.15, 0.2) is 22.4 Å². The van der Waals surface area contributed by atoms with E-state index >= 15 is 0 Å². The van der Waals surface area contributed by atoms with Gasteiger partial charge in [-0.15, -0.1) is 0 Å². The van der Waals surface area contributed by atoms with Crippen molar-refractivity contribution >= 4 is 51.9 Å². The highest BCUT2D eigenvalue weighted by Gasteiger charge is 2.33. The molecule has 0 unspecified atom stereocenters. The molecule has 1 saturated heterocycles. The molecular weight excluding hydrogens is 384 g/mol. The quantitative estimate of drug-likeness (QED) is 0.593. The summed E-state index contributed by atoms with van der Waals surface area (Å²) in [6.07, 6.45) is 1.74. The van der Waals surface area contributed by atoms with Crippen molar-refractivity contribution in [1.82, 2.24) is 0 Å². The van der Waals surface area contributed by atoms with Crippen LogP contribution in [0, 0.1) is 0 Å². The highest BCUT2D eigenvalue weighted by atomic mass is 32.2. The Labute approximate surface area is 165 Å². The zero-order valence-corrected chi connectivity index (χ0v) is 16.0. The Kier molecular flexibility index (Phi) is 5.78. The molecule has 0 atom stereocenters. The van der Waals surface area contributed by atoms with Gasteiger partial charge in [0, 0.05) is 0 Å². The number of primary amides is 1. The van der Waals surface area contributed by atoms with Crippen molar-refractivity contribution in [2.24, 2.45) is 5.73 Å². The maximum atomic E-state index is 12.8. The second kappa shape index (κ2) is 8.24. The normalized spacial score (nSPS) is 15.3. The number of carbonyl (C=O) groups excluding carboxylic acids is 2. The lowest BCUT2D eigenvalue weighted by atomic mass is 10.2.